The lowest BCUT2D eigenvalue weighted by Gasteiger charge is -2.27. The van der Waals surface area contributed by atoms with E-state index in [1.807, 2.05) is 29.7 Å². The third-order valence-corrected chi connectivity index (χ3v) is 6.98. The van der Waals surface area contributed by atoms with Gasteiger partial charge in [-0.3, -0.25) is 9.69 Å². The lowest BCUT2D eigenvalue weighted by molar-refractivity contribution is -0.119. The number of thioether (sulfide) groups is 1. The van der Waals surface area contributed by atoms with E-state index >= 15 is 0 Å². The van der Waals surface area contributed by atoms with Crippen molar-refractivity contribution < 1.29 is 13.9 Å². The third kappa shape index (κ3) is 7.62. The van der Waals surface area contributed by atoms with E-state index in [0.717, 1.165) is 51.3 Å². The smallest absolute Gasteiger partial charge is 0.230 e. The van der Waals surface area contributed by atoms with Crippen molar-refractivity contribution in [1.29, 1.82) is 0 Å². The first-order valence-corrected chi connectivity index (χ1v) is 13.0. The maximum Gasteiger partial charge on any atom is 0.230 e. The maximum absolute atomic E-state index is 13.5. The molecule has 0 aliphatic carbocycles. The number of halogens is 1. The minimum Gasteiger partial charge on any atom is -0.379 e. The number of carbonyl (C=O) groups is 1. The van der Waals surface area contributed by atoms with Crippen molar-refractivity contribution in [3.8, 4) is 11.4 Å². The Morgan fingerprint density at radius 2 is 1.83 bits per heavy atom. The molecule has 1 aliphatic heterocycles. The van der Waals surface area contributed by atoms with Crippen LogP contribution in [0.4, 0.5) is 4.39 Å². The molecule has 4 rings (SSSR count). The van der Waals surface area contributed by atoms with E-state index in [4.69, 9.17) is 4.74 Å². The van der Waals surface area contributed by atoms with E-state index in [0.29, 0.717) is 17.5 Å². The molecule has 7 nitrogen and oxygen atoms in total. The number of aryl methyl sites for hydroxylation is 1. The lowest BCUT2D eigenvalue weighted by Crippen LogP contribution is -2.38. The molecule has 9 heteroatoms. The minimum atomic E-state index is -0.291. The summed E-state index contributed by atoms with van der Waals surface area (Å²) in [6.45, 7) is 6.78. The molecule has 1 aromatic heterocycles. The minimum absolute atomic E-state index is 0.0263. The molecule has 0 radical (unpaired) electrons. The average Bonchev–Trinajstić information content (AvgIpc) is 3.29. The molecule has 35 heavy (non-hydrogen) atoms. The van der Waals surface area contributed by atoms with E-state index in [1.165, 1.54) is 29.5 Å². The molecule has 1 aliphatic rings. The summed E-state index contributed by atoms with van der Waals surface area (Å²) in [5, 5.41) is 12.5. The van der Waals surface area contributed by atoms with Gasteiger partial charge in [0.05, 0.1) is 19.0 Å². The van der Waals surface area contributed by atoms with Crippen LogP contribution in [-0.4, -0.2) is 70.2 Å². The summed E-state index contributed by atoms with van der Waals surface area (Å²) in [5.41, 5.74) is 2.07. The molecular weight excluding hydrogens is 465 g/mol. The second kappa shape index (κ2) is 12.8. The van der Waals surface area contributed by atoms with Crippen LogP contribution in [0.15, 0.2) is 59.8 Å². The summed E-state index contributed by atoms with van der Waals surface area (Å²) in [5.74, 6) is 0.620. The molecule has 1 fully saturated rings. The van der Waals surface area contributed by atoms with Crippen LogP contribution in [0.5, 0.6) is 0 Å². The Hall–Kier alpha value is -2.75. The summed E-state index contributed by atoms with van der Waals surface area (Å²) < 4.78 is 20.9. The summed E-state index contributed by atoms with van der Waals surface area (Å²) in [6, 6.07) is 16.6. The van der Waals surface area contributed by atoms with E-state index in [2.05, 4.69) is 32.5 Å². The van der Waals surface area contributed by atoms with Crippen molar-refractivity contribution in [3.63, 3.8) is 0 Å². The van der Waals surface area contributed by atoms with Crippen LogP contribution in [0.25, 0.3) is 11.4 Å². The fourth-order valence-corrected chi connectivity index (χ4v) is 4.80. The third-order valence-electron chi connectivity index (χ3n) is 6.01. The molecule has 2 aromatic carbocycles. The van der Waals surface area contributed by atoms with E-state index in [-0.39, 0.29) is 23.5 Å². The number of hydrogen-bond donors (Lipinski definition) is 1. The molecular formula is C26H32FN5O2S. The van der Waals surface area contributed by atoms with Gasteiger partial charge in [0.15, 0.2) is 11.0 Å². The van der Waals surface area contributed by atoms with Crippen molar-refractivity contribution in [2.24, 2.45) is 0 Å². The van der Waals surface area contributed by atoms with Crippen molar-refractivity contribution >= 4 is 17.7 Å². The summed E-state index contributed by atoms with van der Waals surface area (Å²) >= 11 is 1.38. The van der Waals surface area contributed by atoms with Crippen molar-refractivity contribution in [2.45, 2.75) is 37.5 Å². The number of hydrogen-bond acceptors (Lipinski definition) is 6. The molecule has 1 amide bonds. The number of nitrogens with zero attached hydrogens (tertiary/aromatic N) is 4. The van der Waals surface area contributed by atoms with Gasteiger partial charge in [0.2, 0.25) is 5.91 Å². The van der Waals surface area contributed by atoms with E-state index in [1.54, 1.807) is 12.1 Å². The predicted molar refractivity (Wildman–Crippen MR) is 136 cm³/mol. The summed E-state index contributed by atoms with van der Waals surface area (Å²) in [7, 11) is 0. The number of amides is 1. The average molecular weight is 498 g/mol. The summed E-state index contributed by atoms with van der Waals surface area (Å²) in [4.78, 5) is 15.0. The van der Waals surface area contributed by atoms with Crippen LogP contribution in [0, 0.1) is 5.82 Å². The molecule has 1 atom stereocenters. The highest BCUT2D eigenvalue weighted by Crippen LogP contribution is 2.24. The van der Waals surface area contributed by atoms with E-state index < -0.39 is 0 Å². The molecule has 2 heterocycles. The van der Waals surface area contributed by atoms with Crippen LogP contribution < -0.4 is 5.32 Å². The van der Waals surface area contributed by atoms with Crippen LogP contribution in [-0.2, 0) is 22.5 Å². The normalized spacial score (nSPS) is 15.1. The first kappa shape index (κ1) is 25.3. The van der Waals surface area contributed by atoms with Crippen molar-refractivity contribution in [3.05, 3.63) is 66.0 Å². The van der Waals surface area contributed by atoms with Crippen molar-refractivity contribution in [2.75, 3.05) is 38.6 Å². The zero-order chi connectivity index (χ0) is 24.5. The van der Waals surface area contributed by atoms with Gasteiger partial charge in [-0.1, -0.05) is 42.1 Å². The Morgan fingerprint density at radius 3 is 2.57 bits per heavy atom. The summed E-state index contributed by atoms with van der Waals surface area (Å²) in [6.07, 6.45) is 1.80. The topological polar surface area (TPSA) is 72.3 Å². The number of benzene rings is 2. The number of nitrogens with one attached hydrogen (secondary N) is 1. The highest BCUT2D eigenvalue weighted by Gasteiger charge is 2.18. The predicted octanol–water partition coefficient (Wildman–Crippen LogP) is 3.65. The van der Waals surface area contributed by atoms with Gasteiger partial charge in [-0.2, -0.15) is 0 Å². The molecule has 1 saturated heterocycles. The van der Waals surface area contributed by atoms with Crippen LogP contribution in [0.3, 0.4) is 0 Å². The van der Waals surface area contributed by atoms with Gasteiger partial charge in [-0.15, -0.1) is 10.2 Å². The fourth-order valence-electron chi connectivity index (χ4n) is 4.02. The molecule has 3 aromatic rings. The Morgan fingerprint density at radius 1 is 1.09 bits per heavy atom. The second-order valence-electron chi connectivity index (χ2n) is 8.70. The monoisotopic (exact) mass is 497 g/mol. The molecule has 0 saturated carbocycles. The number of morpholine rings is 1. The number of aromatic nitrogens is 3. The van der Waals surface area contributed by atoms with Crippen LogP contribution in [0.1, 0.15) is 18.9 Å². The number of ether oxygens (including phenoxy) is 1. The first-order valence-electron chi connectivity index (χ1n) is 12.0. The highest BCUT2D eigenvalue weighted by atomic mass is 32.2. The first-order chi connectivity index (χ1) is 17.1. The van der Waals surface area contributed by atoms with Gasteiger partial charge in [0.1, 0.15) is 5.82 Å². The fraction of sp³-hybridized carbons (Fsp3) is 0.423. The Labute approximate surface area is 210 Å². The van der Waals surface area contributed by atoms with Gasteiger partial charge in [-0.05, 0) is 49.6 Å². The lowest BCUT2D eigenvalue weighted by atomic mass is 10.1. The Bertz CT molecular complexity index is 1070. The number of carbonyl (C=O) groups excluding carboxylic acids is 1. The van der Waals surface area contributed by atoms with Gasteiger partial charge in [-0.25, -0.2) is 4.39 Å². The quantitative estimate of drug-likeness (QED) is 0.408. The van der Waals surface area contributed by atoms with Gasteiger partial charge in [0.25, 0.3) is 0 Å². The number of rotatable bonds is 11. The molecule has 186 valence electrons. The second-order valence-corrected chi connectivity index (χ2v) is 9.64. The maximum atomic E-state index is 13.5. The van der Waals surface area contributed by atoms with Crippen LogP contribution in [0.2, 0.25) is 0 Å². The SMILES string of the molecule is C[C@@H](CCc1ccccc1)NC(=O)CSc1nnc(-c2ccc(F)cc2)n1CCN1CCOCC1. The molecule has 1 N–H and O–H groups in total. The van der Waals surface area contributed by atoms with E-state index in [9.17, 15) is 9.18 Å². The zero-order valence-corrected chi connectivity index (χ0v) is 20.8. The van der Waals surface area contributed by atoms with Gasteiger partial charge in [0, 0.05) is 37.8 Å². The Balaban J connectivity index is 1.36. The molecule has 0 unspecified atom stereocenters. The van der Waals surface area contributed by atoms with Crippen LogP contribution >= 0.6 is 11.8 Å². The highest BCUT2D eigenvalue weighted by molar-refractivity contribution is 7.99. The standard InChI is InChI=1S/C26H32FN5O2S/c1-20(7-8-21-5-3-2-4-6-21)28-24(33)19-35-26-30-29-25(22-9-11-23(27)12-10-22)32(26)14-13-31-15-17-34-18-16-31/h2-6,9-12,20H,7-8,13-19H2,1H3,(H,28,33)/t20-/m0/s1. The van der Waals surface area contributed by atoms with Gasteiger partial charge < -0.3 is 14.6 Å². The largest absolute Gasteiger partial charge is 0.379 e. The Kier molecular flexibility index (Phi) is 9.28. The van der Waals surface area contributed by atoms with Crippen molar-refractivity contribution in [1.82, 2.24) is 25.0 Å². The molecule has 0 bridgehead atoms. The zero-order valence-electron chi connectivity index (χ0n) is 20.0. The molecule has 0 spiro atoms. The van der Waals surface area contributed by atoms with Gasteiger partial charge >= 0.3 is 0 Å².